The van der Waals surface area contributed by atoms with Gasteiger partial charge in [0.1, 0.15) is 16.7 Å². The molecule has 5 aromatic rings. The summed E-state index contributed by atoms with van der Waals surface area (Å²) in [4.78, 5) is 15.6. The van der Waals surface area contributed by atoms with Crippen molar-refractivity contribution in [1.29, 1.82) is 0 Å². The number of carbonyl (C=O) groups excluding carboxylic acids is 1. The Morgan fingerprint density at radius 2 is 1.67 bits per heavy atom. The molecule has 1 fully saturated rings. The van der Waals surface area contributed by atoms with Gasteiger partial charge in [-0.3, -0.25) is 9.69 Å². The zero-order valence-corrected chi connectivity index (χ0v) is 25.0. The third-order valence-electron chi connectivity index (χ3n) is 7.31. The van der Waals surface area contributed by atoms with Gasteiger partial charge in [0, 0.05) is 23.9 Å². The van der Waals surface area contributed by atoms with Gasteiger partial charge in [0.2, 0.25) is 0 Å². The first-order valence-electron chi connectivity index (χ1n) is 14.2. The van der Waals surface area contributed by atoms with Gasteiger partial charge in [-0.1, -0.05) is 104 Å². The zero-order chi connectivity index (χ0) is 28.9. The second-order valence-electron chi connectivity index (χ2n) is 10.2. The molecule has 0 bridgehead atoms. The van der Waals surface area contributed by atoms with Crippen LogP contribution >= 0.6 is 24.0 Å². The third kappa shape index (κ3) is 6.03. The van der Waals surface area contributed by atoms with Gasteiger partial charge < -0.3 is 4.74 Å². The second-order valence-corrected chi connectivity index (χ2v) is 11.9. The smallest absolute Gasteiger partial charge is 0.266 e. The van der Waals surface area contributed by atoms with Crippen LogP contribution < -0.4 is 4.74 Å². The highest BCUT2D eigenvalue weighted by atomic mass is 32.2. The van der Waals surface area contributed by atoms with Gasteiger partial charge in [0.05, 0.1) is 16.3 Å². The maximum Gasteiger partial charge on any atom is 0.266 e. The van der Waals surface area contributed by atoms with Crippen molar-refractivity contribution in [2.75, 3.05) is 6.54 Å². The summed E-state index contributed by atoms with van der Waals surface area (Å²) < 4.78 is 8.65. The maximum absolute atomic E-state index is 13.3. The average Bonchev–Trinajstić information content (AvgIpc) is 3.57. The van der Waals surface area contributed by atoms with Gasteiger partial charge in [-0.2, -0.15) is 5.10 Å². The Balaban J connectivity index is 1.27. The molecule has 1 aliphatic rings. The van der Waals surface area contributed by atoms with Gasteiger partial charge in [-0.15, -0.1) is 0 Å². The molecule has 0 unspecified atom stereocenters. The second kappa shape index (κ2) is 12.8. The van der Waals surface area contributed by atoms with Crippen LogP contribution in [0.15, 0.2) is 108 Å². The Kier molecular flexibility index (Phi) is 8.49. The summed E-state index contributed by atoms with van der Waals surface area (Å²) in [6, 6.07) is 32.6. The SMILES string of the molecule is CCCCCN1C(=O)/C(=C/c2cn(-c3ccccc3)nc2-c2ccc(OCc3cccc4ccccc34)cc2)SC1=S. The standard InChI is InChI=1S/C35H31N3O2S2/c1-2-3-9-21-37-34(39)32(42-35(37)41)22-28-23-38(29-14-5-4-6-15-29)36-33(28)26-17-19-30(20-18-26)40-24-27-13-10-12-25-11-7-8-16-31(25)27/h4-8,10-20,22-23H,2-3,9,21,24H2,1H3/b32-22-. The number of hydrogen-bond donors (Lipinski definition) is 0. The van der Waals surface area contributed by atoms with Gasteiger partial charge in [0.15, 0.2) is 0 Å². The maximum atomic E-state index is 13.3. The number of thiocarbonyl (C=S) groups is 1. The Morgan fingerprint density at radius 1 is 0.905 bits per heavy atom. The molecule has 1 aliphatic heterocycles. The number of amides is 1. The lowest BCUT2D eigenvalue weighted by atomic mass is 10.1. The topological polar surface area (TPSA) is 47.4 Å². The normalized spacial score (nSPS) is 14.3. The van der Waals surface area contributed by atoms with E-state index < -0.39 is 0 Å². The number of carbonyl (C=O) groups is 1. The lowest BCUT2D eigenvalue weighted by Gasteiger charge is -2.13. The molecule has 0 atom stereocenters. The molecule has 0 saturated carbocycles. The Hall–Kier alpha value is -4.20. The van der Waals surface area contributed by atoms with Crippen molar-refractivity contribution in [2.24, 2.45) is 0 Å². The number of benzene rings is 4. The van der Waals surface area contributed by atoms with Gasteiger partial charge in [0.25, 0.3) is 5.91 Å². The molecule has 0 aliphatic carbocycles. The monoisotopic (exact) mass is 589 g/mol. The van der Waals surface area contributed by atoms with Crippen molar-refractivity contribution in [2.45, 2.75) is 32.8 Å². The third-order valence-corrected chi connectivity index (χ3v) is 8.69. The molecule has 5 nitrogen and oxygen atoms in total. The number of rotatable bonds is 10. The minimum Gasteiger partial charge on any atom is -0.489 e. The summed E-state index contributed by atoms with van der Waals surface area (Å²) in [6.07, 6.45) is 7.01. The molecule has 6 rings (SSSR count). The highest BCUT2D eigenvalue weighted by Crippen LogP contribution is 2.35. The fourth-order valence-electron chi connectivity index (χ4n) is 5.07. The first-order chi connectivity index (χ1) is 20.6. The summed E-state index contributed by atoms with van der Waals surface area (Å²) in [5, 5.41) is 7.34. The van der Waals surface area contributed by atoms with E-state index in [1.165, 1.54) is 22.5 Å². The van der Waals surface area contributed by atoms with Gasteiger partial charge in [-0.05, 0) is 65.2 Å². The molecule has 0 spiro atoms. The average molecular weight is 590 g/mol. The van der Waals surface area contributed by atoms with Crippen molar-refractivity contribution in [3.63, 3.8) is 0 Å². The number of nitrogens with zero attached hydrogens (tertiary/aromatic N) is 3. The van der Waals surface area contributed by atoms with Crippen LogP contribution in [0.5, 0.6) is 5.75 Å². The summed E-state index contributed by atoms with van der Waals surface area (Å²) >= 11 is 6.92. The predicted molar refractivity (Wildman–Crippen MR) is 177 cm³/mol. The summed E-state index contributed by atoms with van der Waals surface area (Å²) in [5.74, 6) is 0.750. The van der Waals surface area contributed by atoms with Crippen LogP contribution in [0.3, 0.4) is 0 Å². The lowest BCUT2D eigenvalue weighted by molar-refractivity contribution is -0.122. The highest BCUT2D eigenvalue weighted by molar-refractivity contribution is 8.26. The van der Waals surface area contributed by atoms with Crippen molar-refractivity contribution in [1.82, 2.24) is 14.7 Å². The molecule has 4 aromatic carbocycles. The van der Waals surface area contributed by atoms with Crippen LogP contribution in [0.25, 0.3) is 33.8 Å². The molecule has 1 amide bonds. The fourth-order valence-corrected chi connectivity index (χ4v) is 6.37. The van der Waals surface area contributed by atoms with E-state index >= 15 is 0 Å². The van der Waals surface area contributed by atoms with E-state index in [0.29, 0.717) is 22.4 Å². The van der Waals surface area contributed by atoms with Crippen molar-refractivity contribution in [3.05, 3.63) is 119 Å². The Bertz CT molecular complexity index is 1760. The van der Waals surface area contributed by atoms with Crippen molar-refractivity contribution >= 4 is 51.1 Å². The summed E-state index contributed by atoms with van der Waals surface area (Å²) in [6.45, 7) is 3.29. The minimum absolute atomic E-state index is 0.0308. The molecule has 0 radical (unpaired) electrons. The van der Waals surface area contributed by atoms with E-state index in [1.807, 2.05) is 77.6 Å². The zero-order valence-electron chi connectivity index (χ0n) is 23.4. The summed E-state index contributed by atoms with van der Waals surface area (Å²) in [7, 11) is 0. The van der Waals surface area contributed by atoms with Gasteiger partial charge >= 0.3 is 0 Å². The van der Waals surface area contributed by atoms with Crippen LogP contribution in [0.2, 0.25) is 0 Å². The predicted octanol–water partition coefficient (Wildman–Crippen LogP) is 8.66. The lowest BCUT2D eigenvalue weighted by Crippen LogP contribution is -2.28. The number of aromatic nitrogens is 2. The van der Waals surface area contributed by atoms with Crippen LogP contribution in [0, 0.1) is 0 Å². The fraction of sp³-hybridized carbons (Fsp3) is 0.171. The largest absolute Gasteiger partial charge is 0.489 e. The molecule has 2 heterocycles. The number of hydrogen-bond acceptors (Lipinski definition) is 5. The molecule has 7 heteroatoms. The van der Waals surface area contributed by atoms with E-state index in [0.717, 1.165) is 53.1 Å². The highest BCUT2D eigenvalue weighted by Gasteiger charge is 2.32. The van der Waals surface area contributed by atoms with E-state index in [1.54, 1.807) is 4.90 Å². The minimum atomic E-state index is -0.0308. The molecule has 1 aromatic heterocycles. The van der Waals surface area contributed by atoms with E-state index in [4.69, 9.17) is 22.1 Å². The molecule has 42 heavy (non-hydrogen) atoms. The van der Waals surface area contributed by atoms with E-state index in [2.05, 4.69) is 43.3 Å². The molecule has 1 saturated heterocycles. The van der Waals surface area contributed by atoms with Crippen LogP contribution in [-0.2, 0) is 11.4 Å². The Morgan fingerprint density at radius 3 is 2.48 bits per heavy atom. The first kappa shape index (κ1) is 27.9. The Labute approximate surface area is 255 Å². The molecule has 210 valence electrons. The molecular formula is C35H31N3O2S2. The van der Waals surface area contributed by atoms with Crippen LogP contribution in [-0.4, -0.2) is 31.5 Å². The quantitative estimate of drug-likeness (QED) is 0.0927. The molecule has 0 N–H and O–H groups in total. The number of ether oxygens (including phenoxy) is 1. The number of unbranched alkanes of at least 4 members (excludes halogenated alkanes) is 2. The summed E-state index contributed by atoms with van der Waals surface area (Å²) in [5.41, 5.74) is 4.67. The van der Waals surface area contributed by atoms with E-state index in [-0.39, 0.29) is 5.91 Å². The number of para-hydroxylation sites is 1. The van der Waals surface area contributed by atoms with Crippen molar-refractivity contribution < 1.29 is 9.53 Å². The van der Waals surface area contributed by atoms with E-state index in [9.17, 15) is 4.79 Å². The van der Waals surface area contributed by atoms with Gasteiger partial charge in [-0.25, -0.2) is 4.68 Å². The first-order valence-corrected chi connectivity index (χ1v) is 15.4. The molecular weight excluding hydrogens is 559 g/mol. The number of fused-ring (bicyclic) bond motifs is 1. The van der Waals surface area contributed by atoms with Crippen LogP contribution in [0.1, 0.15) is 37.3 Å². The number of thioether (sulfide) groups is 1. The van der Waals surface area contributed by atoms with Crippen LogP contribution in [0.4, 0.5) is 0 Å². The van der Waals surface area contributed by atoms with Crippen molar-refractivity contribution in [3.8, 4) is 22.7 Å².